The molecule has 3 heteroatoms. The zero-order valence-corrected chi connectivity index (χ0v) is 13.0. The van der Waals surface area contributed by atoms with Crippen molar-refractivity contribution in [1.29, 1.82) is 0 Å². The molecule has 94 valence electrons. The molecule has 1 aromatic rings. The van der Waals surface area contributed by atoms with E-state index in [-0.39, 0.29) is 0 Å². The van der Waals surface area contributed by atoms with Gasteiger partial charge in [-0.15, -0.1) is 0 Å². The molecule has 0 heterocycles. The molecular weight excluding hydrogens is 319 g/mol. The van der Waals surface area contributed by atoms with Gasteiger partial charge >= 0.3 is 0 Å². The smallest absolute Gasteiger partial charge is 0.0452 e. The average Bonchev–Trinajstić information content (AvgIpc) is 2.28. The van der Waals surface area contributed by atoms with Crippen LogP contribution in [-0.2, 0) is 6.42 Å². The molecular formula is C14H17BrCl2. The number of rotatable bonds is 2. The highest BCUT2D eigenvalue weighted by molar-refractivity contribution is 9.09. The highest BCUT2D eigenvalue weighted by Gasteiger charge is 2.27. The Labute approximate surface area is 122 Å². The van der Waals surface area contributed by atoms with E-state index in [9.17, 15) is 0 Å². The molecule has 3 unspecified atom stereocenters. The summed E-state index contributed by atoms with van der Waals surface area (Å²) in [5.74, 6) is 1.46. The van der Waals surface area contributed by atoms with Crippen molar-refractivity contribution >= 4 is 39.1 Å². The van der Waals surface area contributed by atoms with E-state index >= 15 is 0 Å². The van der Waals surface area contributed by atoms with Gasteiger partial charge in [0.25, 0.3) is 0 Å². The van der Waals surface area contributed by atoms with Gasteiger partial charge in [0.15, 0.2) is 0 Å². The van der Waals surface area contributed by atoms with Crippen molar-refractivity contribution in [3.8, 4) is 0 Å². The molecule has 0 N–H and O–H groups in total. The molecule has 17 heavy (non-hydrogen) atoms. The van der Waals surface area contributed by atoms with Crippen molar-refractivity contribution < 1.29 is 0 Å². The molecule has 0 aliphatic heterocycles. The highest BCUT2D eigenvalue weighted by Crippen LogP contribution is 2.38. The van der Waals surface area contributed by atoms with Crippen molar-refractivity contribution in [2.24, 2.45) is 11.8 Å². The van der Waals surface area contributed by atoms with Gasteiger partial charge in [0.1, 0.15) is 0 Å². The first-order valence-corrected chi connectivity index (χ1v) is 7.82. The minimum atomic E-state index is 0.603. The van der Waals surface area contributed by atoms with Crippen LogP contribution in [0.15, 0.2) is 18.2 Å². The zero-order valence-electron chi connectivity index (χ0n) is 9.93. The number of hydrogen-bond donors (Lipinski definition) is 0. The van der Waals surface area contributed by atoms with Crippen LogP contribution in [0.3, 0.4) is 0 Å². The monoisotopic (exact) mass is 334 g/mol. The van der Waals surface area contributed by atoms with Gasteiger partial charge in [-0.1, -0.05) is 52.1 Å². The Morgan fingerprint density at radius 2 is 1.88 bits per heavy atom. The van der Waals surface area contributed by atoms with E-state index in [0.717, 1.165) is 27.9 Å². The largest absolute Gasteiger partial charge is 0.0888 e. The Balaban J connectivity index is 2.14. The Bertz CT molecular complexity index is 372. The third-order valence-corrected chi connectivity index (χ3v) is 5.59. The second kappa shape index (κ2) is 5.95. The maximum Gasteiger partial charge on any atom is 0.0452 e. The fraction of sp³-hybridized carbons (Fsp3) is 0.571. The summed E-state index contributed by atoms with van der Waals surface area (Å²) in [7, 11) is 0. The molecule has 0 nitrogen and oxygen atoms in total. The van der Waals surface area contributed by atoms with Crippen molar-refractivity contribution in [1.82, 2.24) is 0 Å². The fourth-order valence-electron chi connectivity index (χ4n) is 2.66. The first-order chi connectivity index (χ1) is 8.08. The molecule has 1 aliphatic carbocycles. The average molecular weight is 336 g/mol. The molecule has 0 spiro atoms. The van der Waals surface area contributed by atoms with Crippen LogP contribution in [0, 0.1) is 11.8 Å². The van der Waals surface area contributed by atoms with Gasteiger partial charge in [0, 0.05) is 14.9 Å². The van der Waals surface area contributed by atoms with Gasteiger partial charge in [-0.3, -0.25) is 0 Å². The van der Waals surface area contributed by atoms with Crippen LogP contribution in [-0.4, -0.2) is 4.83 Å². The first-order valence-electron chi connectivity index (χ1n) is 6.15. The Hall–Kier alpha value is 0.280. The summed E-state index contributed by atoms with van der Waals surface area (Å²) in [4.78, 5) is 0.603. The van der Waals surface area contributed by atoms with Crippen LogP contribution < -0.4 is 0 Å². The van der Waals surface area contributed by atoms with E-state index in [1.54, 1.807) is 0 Å². The molecule has 1 aliphatic rings. The quantitative estimate of drug-likeness (QED) is 0.605. The summed E-state index contributed by atoms with van der Waals surface area (Å²) in [6, 6.07) is 5.76. The normalized spacial score (nSPS) is 29.3. The van der Waals surface area contributed by atoms with E-state index in [2.05, 4.69) is 22.9 Å². The molecule has 1 saturated carbocycles. The maximum atomic E-state index is 6.23. The molecule has 0 amide bonds. The predicted molar refractivity (Wildman–Crippen MR) is 79.4 cm³/mol. The Morgan fingerprint density at radius 1 is 1.24 bits per heavy atom. The molecule has 0 radical (unpaired) electrons. The highest BCUT2D eigenvalue weighted by atomic mass is 79.9. The van der Waals surface area contributed by atoms with Crippen LogP contribution in [0.2, 0.25) is 10.0 Å². The van der Waals surface area contributed by atoms with Crippen molar-refractivity contribution in [3.05, 3.63) is 33.8 Å². The van der Waals surface area contributed by atoms with E-state index in [1.807, 2.05) is 18.2 Å². The molecule has 1 aromatic carbocycles. The Kier molecular flexibility index (Phi) is 4.80. The summed E-state index contributed by atoms with van der Waals surface area (Å²) < 4.78 is 0. The zero-order chi connectivity index (χ0) is 12.4. The van der Waals surface area contributed by atoms with Crippen LogP contribution >= 0.6 is 39.1 Å². The van der Waals surface area contributed by atoms with Gasteiger partial charge in [-0.05, 0) is 55.2 Å². The van der Waals surface area contributed by atoms with E-state index in [4.69, 9.17) is 23.2 Å². The lowest BCUT2D eigenvalue weighted by atomic mass is 9.79. The first kappa shape index (κ1) is 13.7. The summed E-state index contributed by atoms with van der Waals surface area (Å²) in [5, 5.41) is 1.60. The molecule has 0 saturated heterocycles. The van der Waals surface area contributed by atoms with E-state index < -0.39 is 0 Å². The fourth-order valence-corrected chi connectivity index (χ4v) is 3.88. The lowest BCUT2D eigenvalue weighted by molar-refractivity contribution is 0.294. The van der Waals surface area contributed by atoms with Gasteiger partial charge in [0.2, 0.25) is 0 Å². The molecule has 1 fully saturated rings. The number of alkyl halides is 1. The lowest BCUT2D eigenvalue weighted by Gasteiger charge is -2.32. The summed E-state index contributed by atoms with van der Waals surface area (Å²) in [5.41, 5.74) is 1.11. The predicted octanol–water partition coefficient (Wildman–Crippen LogP) is 5.74. The summed E-state index contributed by atoms with van der Waals surface area (Å²) in [6.07, 6.45) is 4.83. The maximum absolute atomic E-state index is 6.23. The van der Waals surface area contributed by atoms with Crippen molar-refractivity contribution in [2.75, 3.05) is 0 Å². The Morgan fingerprint density at radius 3 is 2.53 bits per heavy atom. The van der Waals surface area contributed by atoms with Crippen LogP contribution in [0.25, 0.3) is 0 Å². The van der Waals surface area contributed by atoms with Crippen LogP contribution in [0.4, 0.5) is 0 Å². The van der Waals surface area contributed by atoms with E-state index in [0.29, 0.717) is 10.7 Å². The summed E-state index contributed by atoms with van der Waals surface area (Å²) >= 11 is 16.3. The molecule has 3 atom stereocenters. The third kappa shape index (κ3) is 3.39. The third-order valence-electron chi connectivity index (χ3n) is 3.68. The lowest BCUT2D eigenvalue weighted by Crippen LogP contribution is -2.25. The van der Waals surface area contributed by atoms with Crippen LogP contribution in [0.5, 0.6) is 0 Å². The minimum Gasteiger partial charge on any atom is -0.0888 e. The van der Waals surface area contributed by atoms with Gasteiger partial charge in [-0.2, -0.15) is 0 Å². The van der Waals surface area contributed by atoms with Crippen molar-refractivity contribution in [2.45, 2.75) is 37.4 Å². The van der Waals surface area contributed by atoms with Gasteiger partial charge in [0.05, 0.1) is 0 Å². The number of benzene rings is 1. The van der Waals surface area contributed by atoms with Gasteiger partial charge in [-0.25, -0.2) is 0 Å². The standard InChI is InChI=1S/C14H17BrCl2/c1-9-5-6-12(15)10(7-9)8-11-13(16)3-2-4-14(11)17/h2-4,9-10,12H,5-8H2,1H3. The topological polar surface area (TPSA) is 0 Å². The van der Waals surface area contributed by atoms with Gasteiger partial charge < -0.3 is 0 Å². The molecule has 0 aromatic heterocycles. The van der Waals surface area contributed by atoms with E-state index in [1.165, 1.54) is 19.3 Å². The number of hydrogen-bond acceptors (Lipinski definition) is 0. The SMILES string of the molecule is CC1CCC(Br)C(Cc2c(Cl)cccc2Cl)C1. The van der Waals surface area contributed by atoms with Crippen LogP contribution in [0.1, 0.15) is 31.7 Å². The minimum absolute atomic E-state index is 0.603. The second-order valence-electron chi connectivity index (χ2n) is 5.10. The summed E-state index contributed by atoms with van der Waals surface area (Å²) in [6.45, 7) is 2.33. The number of halogens is 3. The molecule has 2 rings (SSSR count). The molecule has 0 bridgehead atoms. The second-order valence-corrected chi connectivity index (χ2v) is 7.09. The van der Waals surface area contributed by atoms with Crippen molar-refractivity contribution in [3.63, 3.8) is 0 Å².